The minimum Gasteiger partial charge on any atom is -0.495 e. The van der Waals surface area contributed by atoms with E-state index in [-0.39, 0.29) is 6.04 Å². The number of nitrogens with two attached hydrogens (primary N) is 1. The Labute approximate surface area is 107 Å². The van der Waals surface area contributed by atoms with Crippen LogP contribution in [0, 0.1) is 0 Å². The van der Waals surface area contributed by atoms with E-state index in [9.17, 15) is 4.79 Å². The number of carbonyl (C=O) groups excluding carboxylic acids is 1. The van der Waals surface area contributed by atoms with E-state index in [2.05, 4.69) is 5.32 Å². The molecule has 100 valence electrons. The largest absolute Gasteiger partial charge is 0.495 e. The van der Waals surface area contributed by atoms with Crippen LogP contribution in [0.15, 0.2) is 18.2 Å². The molecule has 5 heteroatoms. The van der Waals surface area contributed by atoms with Crippen LogP contribution in [0.3, 0.4) is 0 Å². The Morgan fingerprint density at radius 2 is 2.22 bits per heavy atom. The summed E-state index contributed by atoms with van der Waals surface area (Å²) in [5, 5.41) is 3.23. The van der Waals surface area contributed by atoms with Gasteiger partial charge >= 0.3 is 0 Å². The lowest BCUT2D eigenvalue weighted by Crippen LogP contribution is -2.22. The molecule has 1 aromatic rings. The molecule has 0 fully saturated rings. The van der Waals surface area contributed by atoms with Crippen LogP contribution in [0.1, 0.15) is 24.2 Å². The molecular weight excluding hydrogens is 232 g/mol. The molecule has 0 spiro atoms. The van der Waals surface area contributed by atoms with Crippen molar-refractivity contribution in [2.45, 2.75) is 19.9 Å². The summed E-state index contributed by atoms with van der Waals surface area (Å²) in [5.41, 5.74) is 6.44. The molecule has 0 aliphatic rings. The van der Waals surface area contributed by atoms with Gasteiger partial charge in [0.05, 0.1) is 19.4 Å². The van der Waals surface area contributed by atoms with Gasteiger partial charge in [0.1, 0.15) is 5.75 Å². The maximum absolute atomic E-state index is 11.1. The zero-order chi connectivity index (χ0) is 13.5. The minimum absolute atomic E-state index is 0.113. The number of hydrogen-bond donors (Lipinski definition) is 2. The highest BCUT2D eigenvalue weighted by atomic mass is 16.5. The predicted octanol–water partition coefficient (Wildman–Crippen LogP) is 1.63. The molecule has 1 rings (SSSR count). The van der Waals surface area contributed by atoms with E-state index in [1.807, 2.05) is 13.8 Å². The number of anilines is 1. The molecule has 5 nitrogen and oxygen atoms in total. The van der Waals surface area contributed by atoms with Crippen molar-refractivity contribution in [3.05, 3.63) is 23.8 Å². The maximum Gasteiger partial charge on any atom is 0.248 e. The van der Waals surface area contributed by atoms with Crippen molar-refractivity contribution in [3.63, 3.8) is 0 Å². The number of carbonyl (C=O) groups is 1. The lowest BCUT2D eigenvalue weighted by atomic mass is 10.1. The van der Waals surface area contributed by atoms with Gasteiger partial charge in [-0.1, -0.05) is 0 Å². The van der Waals surface area contributed by atoms with Gasteiger partial charge in [-0.05, 0) is 32.0 Å². The summed E-state index contributed by atoms with van der Waals surface area (Å²) in [6.07, 6.45) is 0. The Kier molecular flexibility index (Phi) is 5.45. The summed E-state index contributed by atoms with van der Waals surface area (Å²) >= 11 is 0. The minimum atomic E-state index is -0.460. The van der Waals surface area contributed by atoms with Crippen molar-refractivity contribution < 1.29 is 14.3 Å². The molecule has 0 saturated heterocycles. The number of amides is 1. The third-order valence-electron chi connectivity index (χ3n) is 2.46. The van der Waals surface area contributed by atoms with Crippen LogP contribution in [-0.4, -0.2) is 32.3 Å². The van der Waals surface area contributed by atoms with Crippen LogP contribution >= 0.6 is 0 Å². The molecule has 1 amide bonds. The Hall–Kier alpha value is -1.75. The predicted molar refractivity (Wildman–Crippen MR) is 71.1 cm³/mol. The van der Waals surface area contributed by atoms with Gasteiger partial charge in [-0.15, -0.1) is 0 Å². The molecule has 1 unspecified atom stereocenters. The fourth-order valence-electron chi connectivity index (χ4n) is 1.58. The van der Waals surface area contributed by atoms with E-state index in [1.165, 1.54) is 0 Å². The van der Waals surface area contributed by atoms with Gasteiger partial charge < -0.3 is 20.5 Å². The fourth-order valence-corrected chi connectivity index (χ4v) is 1.58. The zero-order valence-electron chi connectivity index (χ0n) is 11.0. The van der Waals surface area contributed by atoms with E-state index in [1.54, 1.807) is 25.3 Å². The average molecular weight is 252 g/mol. The van der Waals surface area contributed by atoms with Crippen LogP contribution in [0.5, 0.6) is 5.75 Å². The smallest absolute Gasteiger partial charge is 0.248 e. The summed E-state index contributed by atoms with van der Waals surface area (Å²) < 4.78 is 10.6. The van der Waals surface area contributed by atoms with Crippen molar-refractivity contribution in [1.29, 1.82) is 0 Å². The van der Waals surface area contributed by atoms with Gasteiger partial charge in [0.15, 0.2) is 0 Å². The first-order valence-electron chi connectivity index (χ1n) is 5.90. The number of primary amides is 1. The maximum atomic E-state index is 11.1. The van der Waals surface area contributed by atoms with E-state index in [0.29, 0.717) is 24.5 Å². The number of hydrogen-bond acceptors (Lipinski definition) is 4. The first-order valence-corrected chi connectivity index (χ1v) is 5.90. The number of benzene rings is 1. The second kappa shape index (κ2) is 6.86. The van der Waals surface area contributed by atoms with Crippen molar-refractivity contribution in [3.8, 4) is 5.75 Å². The summed E-state index contributed by atoms with van der Waals surface area (Å²) in [6.45, 7) is 5.19. The molecule has 0 aliphatic carbocycles. The first-order chi connectivity index (χ1) is 8.58. The van der Waals surface area contributed by atoms with Crippen LogP contribution < -0.4 is 15.8 Å². The highest BCUT2D eigenvalue weighted by Gasteiger charge is 2.10. The standard InChI is InChI=1S/C13H20N2O3/c1-4-18-8-9(2)15-11-7-10(13(14)16)5-6-12(11)17-3/h5-7,9,15H,4,8H2,1-3H3,(H2,14,16). The fraction of sp³-hybridized carbons (Fsp3) is 0.462. The Morgan fingerprint density at radius 3 is 2.78 bits per heavy atom. The monoisotopic (exact) mass is 252 g/mol. The zero-order valence-corrected chi connectivity index (χ0v) is 11.0. The number of rotatable bonds is 7. The summed E-state index contributed by atoms with van der Waals surface area (Å²) in [5.74, 6) is 0.210. The molecule has 0 heterocycles. The molecule has 0 saturated carbocycles. The van der Waals surface area contributed by atoms with Crippen molar-refractivity contribution in [2.75, 3.05) is 25.6 Å². The third-order valence-corrected chi connectivity index (χ3v) is 2.46. The lowest BCUT2D eigenvalue weighted by molar-refractivity contribution is 0.100. The normalized spacial score (nSPS) is 11.9. The Morgan fingerprint density at radius 1 is 1.50 bits per heavy atom. The number of nitrogens with one attached hydrogen (secondary N) is 1. The van der Waals surface area contributed by atoms with Crippen molar-refractivity contribution in [2.24, 2.45) is 5.73 Å². The van der Waals surface area contributed by atoms with Gasteiger partial charge in [0.2, 0.25) is 5.91 Å². The second-order valence-electron chi connectivity index (χ2n) is 3.98. The summed E-state index contributed by atoms with van der Waals surface area (Å²) in [7, 11) is 1.58. The van der Waals surface area contributed by atoms with E-state index >= 15 is 0 Å². The topological polar surface area (TPSA) is 73.6 Å². The van der Waals surface area contributed by atoms with Crippen LogP contribution in [0.2, 0.25) is 0 Å². The quantitative estimate of drug-likeness (QED) is 0.773. The van der Waals surface area contributed by atoms with Crippen LogP contribution in [0.4, 0.5) is 5.69 Å². The molecule has 18 heavy (non-hydrogen) atoms. The molecule has 0 aliphatic heterocycles. The van der Waals surface area contributed by atoms with Crippen molar-refractivity contribution >= 4 is 11.6 Å². The first kappa shape index (κ1) is 14.3. The average Bonchev–Trinajstić information content (AvgIpc) is 2.36. The lowest BCUT2D eigenvalue weighted by Gasteiger charge is -2.17. The van der Waals surface area contributed by atoms with Gasteiger partial charge in [-0.2, -0.15) is 0 Å². The molecule has 1 atom stereocenters. The van der Waals surface area contributed by atoms with E-state index < -0.39 is 5.91 Å². The Balaban J connectivity index is 2.84. The SMILES string of the molecule is CCOCC(C)Nc1cc(C(N)=O)ccc1OC. The second-order valence-corrected chi connectivity index (χ2v) is 3.98. The summed E-state index contributed by atoms with van der Waals surface area (Å²) in [6, 6.07) is 5.15. The van der Waals surface area contributed by atoms with Gasteiger partial charge in [0.25, 0.3) is 0 Å². The highest BCUT2D eigenvalue weighted by molar-refractivity contribution is 5.94. The Bertz CT molecular complexity index is 407. The van der Waals surface area contributed by atoms with Gasteiger partial charge in [-0.3, -0.25) is 4.79 Å². The number of methoxy groups -OCH3 is 1. The molecule has 3 N–H and O–H groups in total. The van der Waals surface area contributed by atoms with Crippen molar-refractivity contribution in [1.82, 2.24) is 0 Å². The molecular formula is C13H20N2O3. The van der Waals surface area contributed by atoms with E-state index in [4.69, 9.17) is 15.2 Å². The summed E-state index contributed by atoms with van der Waals surface area (Å²) in [4.78, 5) is 11.1. The molecule has 0 bridgehead atoms. The van der Waals surface area contributed by atoms with Crippen LogP contribution in [-0.2, 0) is 4.74 Å². The molecule has 0 aromatic heterocycles. The third kappa shape index (κ3) is 3.92. The molecule has 0 radical (unpaired) electrons. The van der Waals surface area contributed by atoms with Crippen LogP contribution in [0.25, 0.3) is 0 Å². The highest BCUT2D eigenvalue weighted by Crippen LogP contribution is 2.26. The van der Waals surface area contributed by atoms with E-state index in [0.717, 1.165) is 5.69 Å². The molecule has 1 aromatic carbocycles. The number of ether oxygens (including phenoxy) is 2. The van der Waals surface area contributed by atoms with Gasteiger partial charge in [-0.25, -0.2) is 0 Å². The van der Waals surface area contributed by atoms with Gasteiger partial charge in [0, 0.05) is 18.2 Å².